The van der Waals surface area contributed by atoms with Gasteiger partial charge in [0.15, 0.2) is 11.5 Å². The first kappa shape index (κ1) is 17.6. The van der Waals surface area contributed by atoms with Gasteiger partial charge in [0.25, 0.3) is 0 Å². The largest absolute Gasteiger partial charge is 0.433 e. The molecular weight excluding hydrogens is 331 g/mol. The summed E-state index contributed by atoms with van der Waals surface area (Å²) in [5, 5.41) is 3.01. The Labute approximate surface area is 144 Å². The Hall–Kier alpha value is -2.22. The van der Waals surface area contributed by atoms with Gasteiger partial charge < -0.3 is 10.2 Å². The van der Waals surface area contributed by atoms with Crippen LogP contribution in [0.2, 0.25) is 0 Å². The predicted octanol–water partition coefficient (Wildman–Crippen LogP) is 3.46. The third kappa shape index (κ3) is 4.88. The van der Waals surface area contributed by atoms with Crippen molar-refractivity contribution in [2.45, 2.75) is 25.4 Å². The predicted molar refractivity (Wildman–Crippen MR) is 89.0 cm³/mol. The zero-order valence-corrected chi connectivity index (χ0v) is 13.8. The van der Waals surface area contributed by atoms with Gasteiger partial charge in [0.05, 0.1) is 0 Å². The molecule has 3 heterocycles. The molecule has 2 aromatic heterocycles. The van der Waals surface area contributed by atoms with Gasteiger partial charge in [-0.05, 0) is 38.1 Å². The van der Waals surface area contributed by atoms with E-state index in [2.05, 4.69) is 25.2 Å². The molecule has 0 radical (unpaired) electrons. The van der Waals surface area contributed by atoms with Crippen LogP contribution in [-0.4, -0.2) is 46.0 Å². The van der Waals surface area contributed by atoms with Gasteiger partial charge in [-0.15, -0.1) is 0 Å². The lowest BCUT2D eigenvalue weighted by Gasteiger charge is -2.26. The zero-order chi connectivity index (χ0) is 17.7. The Morgan fingerprint density at radius 1 is 1.04 bits per heavy atom. The van der Waals surface area contributed by atoms with Crippen LogP contribution < -0.4 is 5.32 Å². The first-order valence-corrected chi connectivity index (χ1v) is 8.35. The number of alkyl halides is 3. The number of hydrogen-bond donors (Lipinski definition) is 1. The van der Waals surface area contributed by atoms with Gasteiger partial charge in [0.2, 0.25) is 0 Å². The minimum atomic E-state index is -4.52. The van der Waals surface area contributed by atoms with Crippen molar-refractivity contribution in [2.75, 3.05) is 31.5 Å². The highest BCUT2D eigenvalue weighted by molar-refractivity contribution is 5.57. The number of pyridine rings is 1. The van der Waals surface area contributed by atoms with Crippen LogP contribution >= 0.6 is 0 Å². The van der Waals surface area contributed by atoms with Crippen LogP contribution in [0.5, 0.6) is 0 Å². The average molecular weight is 351 g/mol. The fourth-order valence-corrected chi connectivity index (χ4v) is 2.84. The van der Waals surface area contributed by atoms with Crippen LogP contribution in [0.1, 0.15) is 25.0 Å². The lowest BCUT2D eigenvalue weighted by Crippen LogP contribution is -2.33. The molecular formula is C17H20F3N5. The smallest absolute Gasteiger partial charge is 0.369 e. The van der Waals surface area contributed by atoms with Gasteiger partial charge in [-0.3, -0.25) is 4.98 Å². The molecule has 1 fully saturated rings. The molecule has 25 heavy (non-hydrogen) atoms. The molecule has 1 saturated heterocycles. The van der Waals surface area contributed by atoms with Crippen molar-refractivity contribution >= 4 is 5.82 Å². The number of anilines is 1. The van der Waals surface area contributed by atoms with E-state index in [1.807, 2.05) is 0 Å². The molecule has 0 bridgehead atoms. The average Bonchev–Trinajstić information content (AvgIpc) is 2.62. The molecule has 0 aliphatic carbocycles. The van der Waals surface area contributed by atoms with E-state index in [0.29, 0.717) is 12.1 Å². The van der Waals surface area contributed by atoms with E-state index in [0.717, 1.165) is 25.7 Å². The highest BCUT2D eigenvalue weighted by Crippen LogP contribution is 2.30. The molecule has 0 atom stereocenters. The van der Waals surface area contributed by atoms with Crippen LogP contribution in [0.25, 0.3) is 11.4 Å². The summed E-state index contributed by atoms with van der Waals surface area (Å²) in [5.41, 5.74) is -0.449. The van der Waals surface area contributed by atoms with E-state index >= 15 is 0 Å². The number of rotatable bonds is 5. The summed E-state index contributed by atoms with van der Waals surface area (Å²) >= 11 is 0. The molecule has 0 unspecified atom stereocenters. The lowest BCUT2D eigenvalue weighted by atomic mass is 10.1. The molecule has 0 saturated carbocycles. The maximum atomic E-state index is 13.1. The van der Waals surface area contributed by atoms with Gasteiger partial charge >= 0.3 is 6.18 Å². The molecule has 1 aliphatic rings. The SMILES string of the molecule is FC(F)(F)c1cc(NCCN2CCCCC2)nc(-c2ccncc2)n1. The lowest BCUT2D eigenvalue weighted by molar-refractivity contribution is -0.141. The monoisotopic (exact) mass is 351 g/mol. The number of piperidine rings is 1. The van der Waals surface area contributed by atoms with Crippen LogP contribution in [0, 0.1) is 0 Å². The normalized spacial score (nSPS) is 16.0. The Bertz CT molecular complexity index is 684. The Balaban J connectivity index is 1.75. The third-order valence-electron chi connectivity index (χ3n) is 4.14. The molecule has 8 heteroatoms. The van der Waals surface area contributed by atoms with Crippen molar-refractivity contribution in [1.82, 2.24) is 19.9 Å². The molecule has 5 nitrogen and oxygen atoms in total. The maximum absolute atomic E-state index is 13.1. The number of halogens is 3. The molecule has 134 valence electrons. The molecule has 2 aromatic rings. The van der Waals surface area contributed by atoms with Crippen LogP contribution in [0.3, 0.4) is 0 Å². The van der Waals surface area contributed by atoms with E-state index in [4.69, 9.17) is 0 Å². The van der Waals surface area contributed by atoms with Gasteiger partial charge in [0.1, 0.15) is 5.82 Å². The van der Waals surface area contributed by atoms with E-state index in [1.165, 1.54) is 31.7 Å². The number of nitrogens with zero attached hydrogens (tertiary/aromatic N) is 4. The van der Waals surface area contributed by atoms with Crippen molar-refractivity contribution in [3.63, 3.8) is 0 Å². The maximum Gasteiger partial charge on any atom is 0.433 e. The summed E-state index contributed by atoms with van der Waals surface area (Å²) in [4.78, 5) is 14.1. The second-order valence-corrected chi connectivity index (χ2v) is 6.02. The molecule has 0 spiro atoms. The van der Waals surface area contributed by atoms with Gasteiger partial charge in [0, 0.05) is 37.1 Å². The Morgan fingerprint density at radius 3 is 2.44 bits per heavy atom. The molecule has 0 amide bonds. The topological polar surface area (TPSA) is 53.9 Å². The van der Waals surface area contributed by atoms with Crippen LogP contribution in [0.4, 0.5) is 19.0 Å². The number of nitrogens with one attached hydrogen (secondary N) is 1. The summed E-state index contributed by atoms with van der Waals surface area (Å²) in [6.07, 6.45) is 2.09. The van der Waals surface area contributed by atoms with Crippen molar-refractivity contribution < 1.29 is 13.2 Å². The summed E-state index contributed by atoms with van der Waals surface area (Å²) in [5.74, 6) is 0.226. The van der Waals surface area contributed by atoms with Gasteiger partial charge in [-0.25, -0.2) is 9.97 Å². The minimum absolute atomic E-state index is 0.0395. The first-order valence-electron chi connectivity index (χ1n) is 8.35. The van der Waals surface area contributed by atoms with Crippen molar-refractivity contribution in [3.8, 4) is 11.4 Å². The molecule has 3 rings (SSSR count). The van der Waals surface area contributed by atoms with Crippen molar-refractivity contribution in [2.24, 2.45) is 0 Å². The molecule has 0 aromatic carbocycles. The summed E-state index contributed by atoms with van der Waals surface area (Å²) in [6, 6.07) is 4.14. The van der Waals surface area contributed by atoms with E-state index in [1.54, 1.807) is 12.1 Å². The second-order valence-electron chi connectivity index (χ2n) is 6.02. The highest BCUT2D eigenvalue weighted by Gasteiger charge is 2.33. The quantitative estimate of drug-likeness (QED) is 0.894. The fraction of sp³-hybridized carbons (Fsp3) is 0.471. The first-order chi connectivity index (χ1) is 12.0. The van der Waals surface area contributed by atoms with Gasteiger partial charge in [-0.1, -0.05) is 6.42 Å². The standard InChI is InChI=1S/C17H20F3N5/c18-17(19,20)14-12-15(22-8-11-25-9-2-1-3-10-25)24-16(23-14)13-4-6-21-7-5-13/h4-7,12H,1-3,8-11H2,(H,22,23,24). The fourth-order valence-electron chi connectivity index (χ4n) is 2.84. The van der Waals surface area contributed by atoms with Crippen molar-refractivity contribution in [1.29, 1.82) is 0 Å². The Morgan fingerprint density at radius 2 is 1.76 bits per heavy atom. The van der Waals surface area contributed by atoms with Gasteiger partial charge in [-0.2, -0.15) is 13.2 Å². The zero-order valence-electron chi connectivity index (χ0n) is 13.8. The summed E-state index contributed by atoms with van der Waals surface area (Å²) in [7, 11) is 0. The summed E-state index contributed by atoms with van der Waals surface area (Å²) in [6.45, 7) is 3.42. The van der Waals surface area contributed by atoms with E-state index in [9.17, 15) is 13.2 Å². The highest BCUT2D eigenvalue weighted by atomic mass is 19.4. The molecule has 1 aliphatic heterocycles. The minimum Gasteiger partial charge on any atom is -0.369 e. The van der Waals surface area contributed by atoms with E-state index < -0.39 is 11.9 Å². The number of likely N-dealkylation sites (tertiary alicyclic amines) is 1. The number of hydrogen-bond acceptors (Lipinski definition) is 5. The van der Waals surface area contributed by atoms with Crippen LogP contribution in [0.15, 0.2) is 30.6 Å². The summed E-state index contributed by atoms with van der Waals surface area (Å²) < 4.78 is 39.4. The second kappa shape index (κ2) is 7.77. The third-order valence-corrected chi connectivity index (χ3v) is 4.14. The number of aromatic nitrogens is 3. The van der Waals surface area contributed by atoms with Crippen molar-refractivity contribution in [3.05, 3.63) is 36.3 Å². The molecule has 1 N–H and O–H groups in total. The van der Waals surface area contributed by atoms with Crippen LogP contribution in [-0.2, 0) is 6.18 Å². The van der Waals surface area contributed by atoms with E-state index in [-0.39, 0.29) is 11.6 Å². The Kier molecular flexibility index (Phi) is 5.47.